The summed E-state index contributed by atoms with van der Waals surface area (Å²) in [6.07, 6.45) is 5.67. The van der Waals surface area contributed by atoms with Gasteiger partial charge in [0.15, 0.2) is 0 Å². The number of aromatic nitrogens is 1. The Hall–Kier alpha value is -3.05. The van der Waals surface area contributed by atoms with Crippen LogP contribution in [0.2, 0.25) is 0 Å². The van der Waals surface area contributed by atoms with E-state index in [2.05, 4.69) is 61.0 Å². The molecule has 1 aliphatic rings. The number of nitrogens with two attached hydrogens (primary N) is 1. The van der Waals surface area contributed by atoms with Crippen molar-refractivity contribution < 1.29 is 4.79 Å². The monoisotopic (exact) mass is 429 g/mol. The first-order valence-corrected chi connectivity index (χ1v) is 11.4. The summed E-state index contributed by atoms with van der Waals surface area (Å²) in [4.78, 5) is 18.8. The van der Waals surface area contributed by atoms with Crippen LogP contribution in [0.3, 0.4) is 0 Å². The number of para-hydroxylation sites is 1. The zero-order chi connectivity index (χ0) is 22.0. The van der Waals surface area contributed by atoms with E-state index in [0.717, 1.165) is 27.4 Å². The molecule has 0 unspecified atom stereocenters. The van der Waals surface area contributed by atoms with Crippen molar-refractivity contribution in [2.24, 2.45) is 5.73 Å². The van der Waals surface area contributed by atoms with Gasteiger partial charge in [0.05, 0.1) is 16.1 Å². The molecule has 1 aliphatic heterocycles. The minimum atomic E-state index is -0.408. The molecular weight excluding hydrogens is 402 g/mol. The fourth-order valence-corrected chi connectivity index (χ4v) is 4.91. The highest BCUT2D eigenvalue weighted by atomic mass is 32.2. The third-order valence-electron chi connectivity index (χ3n) is 5.46. The number of rotatable bonds is 5. The topological polar surface area (TPSA) is 59.2 Å². The SMILES string of the molecule is CC(C)(C)c1ccc(N2CC=CC(C(N)=O)=C2SCc2ccnc3ccccc23)cc1. The van der Waals surface area contributed by atoms with Crippen LogP contribution in [0.15, 0.2) is 83.5 Å². The Kier molecular flexibility index (Phi) is 5.88. The highest BCUT2D eigenvalue weighted by Gasteiger charge is 2.23. The van der Waals surface area contributed by atoms with E-state index in [0.29, 0.717) is 12.1 Å². The van der Waals surface area contributed by atoms with Crippen molar-refractivity contribution >= 4 is 34.3 Å². The third-order valence-corrected chi connectivity index (χ3v) is 6.63. The van der Waals surface area contributed by atoms with Crippen LogP contribution in [0, 0.1) is 0 Å². The van der Waals surface area contributed by atoms with Crippen molar-refractivity contribution in [2.75, 3.05) is 11.4 Å². The van der Waals surface area contributed by atoms with E-state index in [1.54, 1.807) is 11.8 Å². The number of carbonyl (C=O) groups excluding carboxylic acids is 1. The predicted molar refractivity (Wildman–Crippen MR) is 131 cm³/mol. The average Bonchev–Trinajstić information content (AvgIpc) is 2.77. The van der Waals surface area contributed by atoms with Gasteiger partial charge >= 0.3 is 0 Å². The van der Waals surface area contributed by atoms with Crippen LogP contribution in [0.25, 0.3) is 10.9 Å². The van der Waals surface area contributed by atoms with Gasteiger partial charge in [-0.2, -0.15) is 0 Å². The Morgan fingerprint density at radius 2 is 1.84 bits per heavy atom. The Bertz CT molecular complexity index is 1170. The molecule has 1 amide bonds. The molecule has 5 heteroatoms. The van der Waals surface area contributed by atoms with Crippen LogP contribution < -0.4 is 10.6 Å². The first-order chi connectivity index (χ1) is 14.8. The average molecular weight is 430 g/mol. The summed E-state index contributed by atoms with van der Waals surface area (Å²) >= 11 is 1.64. The van der Waals surface area contributed by atoms with E-state index >= 15 is 0 Å². The lowest BCUT2D eigenvalue weighted by molar-refractivity contribution is -0.114. The van der Waals surface area contributed by atoms with Crippen LogP contribution >= 0.6 is 11.8 Å². The molecule has 0 aliphatic carbocycles. The van der Waals surface area contributed by atoms with E-state index in [4.69, 9.17) is 5.73 Å². The molecule has 3 aromatic rings. The van der Waals surface area contributed by atoms with Crippen molar-refractivity contribution in [3.8, 4) is 0 Å². The molecule has 0 atom stereocenters. The second-order valence-corrected chi connectivity index (χ2v) is 9.63. The zero-order valence-corrected chi connectivity index (χ0v) is 18.9. The fourth-order valence-electron chi connectivity index (χ4n) is 3.71. The zero-order valence-electron chi connectivity index (χ0n) is 18.1. The van der Waals surface area contributed by atoms with Gasteiger partial charge in [0.2, 0.25) is 0 Å². The van der Waals surface area contributed by atoms with Crippen LogP contribution in [0.1, 0.15) is 31.9 Å². The van der Waals surface area contributed by atoms with Crippen molar-refractivity contribution in [2.45, 2.75) is 31.9 Å². The van der Waals surface area contributed by atoms with Gasteiger partial charge in [-0.15, -0.1) is 11.8 Å². The number of hydrogen-bond acceptors (Lipinski definition) is 4. The van der Waals surface area contributed by atoms with E-state index in [-0.39, 0.29) is 5.41 Å². The van der Waals surface area contributed by atoms with Crippen molar-refractivity contribution in [1.29, 1.82) is 0 Å². The van der Waals surface area contributed by atoms with Crippen molar-refractivity contribution in [3.63, 3.8) is 0 Å². The molecule has 0 saturated heterocycles. The van der Waals surface area contributed by atoms with E-state index in [9.17, 15) is 4.79 Å². The Morgan fingerprint density at radius 1 is 1.10 bits per heavy atom. The number of benzene rings is 2. The van der Waals surface area contributed by atoms with Crippen LogP contribution in [0.4, 0.5) is 5.69 Å². The molecule has 4 rings (SSSR count). The number of primary amides is 1. The number of hydrogen-bond donors (Lipinski definition) is 1. The molecule has 4 nitrogen and oxygen atoms in total. The quantitative estimate of drug-likeness (QED) is 0.579. The van der Waals surface area contributed by atoms with E-state index in [1.165, 1.54) is 11.1 Å². The van der Waals surface area contributed by atoms with Gasteiger partial charge in [-0.25, -0.2) is 0 Å². The summed E-state index contributed by atoms with van der Waals surface area (Å²) in [7, 11) is 0. The molecule has 158 valence electrons. The van der Waals surface area contributed by atoms with E-state index < -0.39 is 5.91 Å². The lowest BCUT2D eigenvalue weighted by Crippen LogP contribution is -2.29. The number of nitrogens with zero attached hydrogens (tertiary/aromatic N) is 2. The maximum absolute atomic E-state index is 12.2. The Labute approximate surface area is 187 Å². The molecule has 0 spiro atoms. The van der Waals surface area contributed by atoms with Crippen LogP contribution in [-0.2, 0) is 16.0 Å². The first kappa shape index (κ1) is 21.2. The Balaban J connectivity index is 1.67. The second kappa shape index (κ2) is 8.60. The number of pyridine rings is 1. The molecule has 31 heavy (non-hydrogen) atoms. The van der Waals surface area contributed by atoms with Gasteiger partial charge in [0, 0.05) is 29.6 Å². The number of fused-ring (bicyclic) bond motifs is 1. The summed E-state index contributed by atoms with van der Waals surface area (Å²) in [5.74, 6) is 0.314. The molecule has 2 heterocycles. The fraction of sp³-hybridized carbons (Fsp3) is 0.231. The maximum atomic E-state index is 12.2. The highest BCUT2D eigenvalue weighted by molar-refractivity contribution is 8.02. The van der Waals surface area contributed by atoms with Gasteiger partial charge in [-0.1, -0.05) is 57.2 Å². The summed E-state index contributed by atoms with van der Waals surface area (Å²) in [5, 5.41) is 2.02. The van der Waals surface area contributed by atoms with Gasteiger partial charge in [-0.05, 0) is 46.9 Å². The summed E-state index contributed by atoms with van der Waals surface area (Å²) in [5.41, 5.74) is 10.9. The normalized spacial score (nSPS) is 14.4. The number of anilines is 1. The molecule has 0 bridgehead atoms. The van der Waals surface area contributed by atoms with Crippen LogP contribution in [0.5, 0.6) is 0 Å². The van der Waals surface area contributed by atoms with Gasteiger partial charge in [0.25, 0.3) is 5.91 Å². The number of amides is 1. The number of carbonyl (C=O) groups is 1. The minimum Gasteiger partial charge on any atom is -0.366 e. The lowest BCUT2D eigenvalue weighted by Gasteiger charge is -2.30. The predicted octanol–water partition coefficient (Wildman–Crippen LogP) is 5.54. The van der Waals surface area contributed by atoms with Gasteiger partial charge in [-0.3, -0.25) is 9.78 Å². The standard InChI is InChI=1S/C26H27N3OS/c1-26(2,3)19-10-12-20(13-11-19)29-16-6-8-22(24(27)30)25(29)31-17-18-14-15-28-23-9-5-4-7-21(18)23/h4-15H,16-17H2,1-3H3,(H2,27,30). The summed E-state index contributed by atoms with van der Waals surface area (Å²) in [6, 6.07) is 18.7. The summed E-state index contributed by atoms with van der Waals surface area (Å²) in [6.45, 7) is 7.32. The second-order valence-electron chi connectivity index (χ2n) is 8.67. The molecule has 2 aromatic carbocycles. The van der Waals surface area contributed by atoms with Crippen molar-refractivity contribution in [1.82, 2.24) is 4.98 Å². The highest BCUT2D eigenvalue weighted by Crippen LogP contribution is 2.36. The lowest BCUT2D eigenvalue weighted by atomic mass is 9.87. The maximum Gasteiger partial charge on any atom is 0.251 e. The van der Waals surface area contributed by atoms with Gasteiger partial charge < -0.3 is 10.6 Å². The molecule has 2 N–H and O–H groups in total. The smallest absolute Gasteiger partial charge is 0.251 e. The molecule has 0 radical (unpaired) electrons. The van der Waals surface area contributed by atoms with Crippen LogP contribution in [-0.4, -0.2) is 17.4 Å². The molecule has 0 fully saturated rings. The summed E-state index contributed by atoms with van der Waals surface area (Å²) < 4.78 is 0. The Morgan fingerprint density at radius 3 is 2.55 bits per heavy atom. The first-order valence-electron chi connectivity index (χ1n) is 10.4. The molecule has 1 aromatic heterocycles. The van der Waals surface area contributed by atoms with E-state index in [1.807, 2.05) is 42.6 Å². The van der Waals surface area contributed by atoms with Gasteiger partial charge in [0.1, 0.15) is 0 Å². The minimum absolute atomic E-state index is 0.0918. The molecule has 0 saturated carbocycles. The molecular formula is C26H27N3OS. The van der Waals surface area contributed by atoms with Crippen molar-refractivity contribution in [3.05, 3.63) is 94.7 Å². The third kappa shape index (κ3) is 4.52. The largest absolute Gasteiger partial charge is 0.366 e. The number of thioether (sulfide) groups is 1.